The number of thiocarbonyl (C=S) groups is 1. The summed E-state index contributed by atoms with van der Waals surface area (Å²) in [4.78, 5) is 19.1. The molecule has 0 saturated carbocycles. The highest BCUT2D eigenvalue weighted by molar-refractivity contribution is 7.80. The molecule has 9 heteroatoms. The van der Waals surface area contributed by atoms with Crippen LogP contribution in [0.5, 0.6) is 0 Å². The molecular weight excluding hydrogens is 511 g/mol. The van der Waals surface area contributed by atoms with Crippen molar-refractivity contribution in [2.45, 2.75) is 25.4 Å². The Morgan fingerprint density at radius 1 is 1.16 bits per heavy atom. The zero-order chi connectivity index (χ0) is 25.9. The van der Waals surface area contributed by atoms with Crippen LogP contribution in [0.1, 0.15) is 35.5 Å². The van der Waals surface area contributed by atoms with Gasteiger partial charge in [-0.05, 0) is 67.2 Å². The average Bonchev–Trinajstić information content (AvgIpc) is 3.51. The lowest BCUT2D eigenvalue weighted by Crippen LogP contribution is -2.32. The summed E-state index contributed by atoms with van der Waals surface area (Å²) < 4.78 is 20.3. The molecule has 0 spiro atoms. The second-order valence-electron chi connectivity index (χ2n) is 8.76. The molecule has 2 unspecified atom stereocenters. The molecule has 5 rings (SSSR count). The van der Waals surface area contributed by atoms with E-state index in [1.807, 2.05) is 60.4 Å². The zero-order valence-electron chi connectivity index (χ0n) is 19.9. The molecule has 3 heterocycles. The number of hydrogen-bond acceptors (Lipinski definition) is 4. The van der Waals surface area contributed by atoms with Crippen molar-refractivity contribution < 1.29 is 13.6 Å². The summed E-state index contributed by atoms with van der Waals surface area (Å²) in [6, 6.07) is 20.7. The number of rotatable bonds is 7. The van der Waals surface area contributed by atoms with Gasteiger partial charge in [-0.25, -0.2) is 4.39 Å². The fourth-order valence-corrected chi connectivity index (χ4v) is 4.88. The van der Waals surface area contributed by atoms with Gasteiger partial charge in [-0.1, -0.05) is 41.9 Å². The van der Waals surface area contributed by atoms with Crippen LogP contribution >= 0.6 is 23.8 Å². The molecule has 2 N–H and O–H groups in total. The summed E-state index contributed by atoms with van der Waals surface area (Å²) in [5.41, 5.74) is 2.78. The van der Waals surface area contributed by atoms with Gasteiger partial charge in [0, 0.05) is 29.7 Å². The SMILES string of the molecule is Cc1ccc(-c2ccc(C3C(c4ccccn4)NC(=S)N3CCC(=O)Nc3ccccc3F)o2)cc1Cl. The van der Waals surface area contributed by atoms with Crippen molar-refractivity contribution in [2.75, 3.05) is 11.9 Å². The first-order valence-corrected chi connectivity index (χ1v) is 12.6. The minimum absolute atomic E-state index is 0.0999. The lowest BCUT2D eigenvalue weighted by atomic mass is 10.0. The highest BCUT2D eigenvalue weighted by atomic mass is 35.5. The van der Waals surface area contributed by atoms with E-state index >= 15 is 0 Å². The highest BCUT2D eigenvalue weighted by Gasteiger charge is 2.41. The van der Waals surface area contributed by atoms with E-state index in [1.54, 1.807) is 18.3 Å². The largest absolute Gasteiger partial charge is 0.459 e. The number of amides is 1. The summed E-state index contributed by atoms with van der Waals surface area (Å²) in [5.74, 6) is 0.542. The number of pyridine rings is 1. The predicted molar refractivity (Wildman–Crippen MR) is 146 cm³/mol. The van der Waals surface area contributed by atoms with Crippen LogP contribution in [0.15, 0.2) is 83.4 Å². The number of anilines is 1. The van der Waals surface area contributed by atoms with E-state index in [4.69, 9.17) is 28.2 Å². The fraction of sp³-hybridized carbons (Fsp3) is 0.179. The topological polar surface area (TPSA) is 70.4 Å². The number of hydrogen-bond donors (Lipinski definition) is 2. The molecule has 2 atom stereocenters. The highest BCUT2D eigenvalue weighted by Crippen LogP contribution is 2.40. The number of benzene rings is 2. The number of halogens is 2. The predicted octanol–water partition coefficient (Wildman–Crippen LogP) is 6.44. The van der Waals surface area contributed by atoms with Gasteiger partial charge in [0.25, 0.3) is 0 Å². The van der Waals surface area contributed by atoms with Crippen LogP contribution in [0.25, 0.3) is 11.3 Å². The number of para-hydroxylation sites is 1. The van der Waals surface area contributed by atoms with Gasteiger partial charge in [0.05, 0.1) is 17.4 Å². The molecular formula is C28H24ClFN4O2S. The Morgan fingerprint density at radius 2 is 1.97 bits per heavy atom. The van der Waals surface area contributed by atoms with Crippen molar-refractivity contribution >= 4 is 40.5 Å². The molecule has 2 aromatic heterocycles. The number of carbonyl (C=O) groups excluding carboxylic acids is 1. The average molecular weight is 535 g/mol. The Kier molecular flexibility index (Phi) is 7.21. The number of nitrogens with one attached hydrogen (secondary N) is 2. The third-order valence-corrected chi connectivity index (χ3v) is 7.06. The molecule has 37 heavy (non-hydrogen) atoms. The lowest BCUT2D eigenvalue weighted by molar-refractivity contribution is -0.116. The maximum Gasteiger partial charge on any atom is 0.226 e. The Bertz CT molecular complexity index is 1450. The van der Waals surface area contributed by atoms with Crippen LogP contribution in [0.3, 0.4) is 0 Å². The second-order valence-corrected chi connectivity index (χ2v) is 9.56. The molecule has 1 aliphatic rings. The smallest absolute Gasteiger partial charge is 0.226 e. The van der Waals surface area contributed by atoms with Gasteiger partial charge in [-0.15, -0.1) is 0 Å². The minimum Gasteiger partial charge on any atom is -0.459 e. The Hall–Kier alpha value is -3.75. The third-order valence-electron chi connectivity index (χ3n) is 6.30. The molecule has 1 amide bonds. The summed E-state index contributed by atoms with van der Waals surface area (Å²) >= 11 is 12.0. The molecule has 1 fully saturated rings. The van der Waals surface area contributed by atoms with Gasteiger partial charge < -0.3 is 20.0 Å². The van der Waals surface area contributed by atoms with Gasteiger partial charge in [0.15, 0.2) is 5.11 Å². The lowest BCUT2D eigenvalue weighted by Gasteiger charge is -2.25. The van der Waals surface area contributed by atoms with E-state index in [2.05, 4.69) is 15.6 Å². The molecule has 4 aromatic rings. The van der Waals surface area contributed by atoms with Crippen molar-refractivity contribution in [3.05, 3.63) is 107 Å². The van der Waals surface area contributed by atoms with Crippen molar-refractivity contribution in [1.82, 2.24) is 15.2 Å². The summed E-state index contributed by atoms with van der Waals surface area (Å²) in [6.45, 7) is 2.25. The Morgan fingerprint density at radius 3 is 2.73 bits per heavy atom. The Labute approximate surface area is 224 Å². The maximum absolute atomic E-state index is 14.0. The molecule has 0 aliphatic carbocycles. The van der Waals surface area contributed by atoms with E-state index in [1.165, 1.54) is 12.1 Å². The number of furan rings is 1. The van der Waals surface area contributed by atoms with E-state index in [0.717, 1.165) is 16.8 Å². The third kappa shape index (κ3) is 5.35. The van der Waals surface area contributed by atoms with Crippen molar-refractivity contribution in [3.63, 3.8) is 0 Å². The molecule has 188 valence electrons. The van der Waals surface area contributed by atoms with E-state index in [-0.39, 0.29) is 30.1 Å². The quantitative estimate of drug-likeness (QED) is 0.266. The second kappa shape index (κ2) is 10.7. The first kappa shape index (κ1) is 24.9. The Balaban J connectivity index is 1.41. The molecule has 1 saturated heterocycles. The number of carbonyl (C=O) groups is 1. The molecule has 2 aromatic carbocycles. The monoisotopic (exact) mass is 534 g/mol. The van der Waals surface area contributed by atoms with Crippen LogP contribution in [0, 0.1) is 12.7 Å². The molecule has 0 radical (unpaired) electrons. The number of aromatic nitrogens is 1. The van der Waals surface area contributed by atoms with Gasteiger partial charge >= 0.3 is 0 Å². The summed E-state index contributed by atoms with van der Waals surface area (Å²) in [5, 5.41) is 7.11. The van der Waals surface area contributed by atoms with E-state index in [9.17, 15) is 9.18 Å². The first-order valence-electron chi connectivity index (χ1n) is 11.8. The van der Waals surface area contributed by atoms with Crippen LogP contribution in [0.2, 0.25) is 5.02 Å². The van der Waals surface area contributed by atoms with Crippen molar-refractivity contribution in [3.8, 4) is 11.3 Å². The number of nitrogens with zero attached hydrogens (tertiary/aromatic N) is 2. The standard InChI is InChI=1S/C28H24ClFN4O2S/c1-17-9-10-18(16-19(17)29)23-11-12-24(36-23)27-26(22-8-4-5-14-31-22)33-28(37)34(27)15-13-25(35)32-21-7-3-2-6-20(21)30/h2-12,14,16,26-27H,13,15H2,1H3,(H,32,35)(H,33,37). The minimum atomic E-state index is -0.485. The number of aryl methyl sites for hydroxylation is 1. The van der Waals surface area contributed by atoms with Gasteiger partial charge in [0.1, 0.15) is 23.4 Å². The van der Waals surface area contributed by atoms with E-state index < -0.39 is 5.82 Å². The zero-order valence-corrected chi connectivity index (χ0v) is 21.5. The van der Waals surface area contributed by atoms with Gasteiger partial charge in [0.2, 0.25) is 5.91 Å². The molecule has 6 nitrogen and oxygen atoms in total. The van der Waals surface area contributed by atoms with Gasteiger partial charge in [-0.3, -0.25) is 9.78 Å². The maximum atomic E-state index is 14.0. The molecule has 1 aliphatic heterocycles. The first-order chi connectivity index (χ1) is 17.9. The van der Waals surface area contributed by atoms with Crippen molar-refractivity contribution in [2.24, 2.45) is 0 Å². The summed E-state index contributed by atoms with van der Waals surface area (Å²) in [6.07, 6.45) is 1.83. The van der Waals surface area contributed by atoms with Crippen LogP contribution in [0.4, 0.5) is 10.1 Å². The van der Waals surface area contributed by atoms with E-state index in [0.29, 0.717) is 28.2 Å². The summed E-state index contributed by atoms with van der Waals surface area (Å²) in [7, 11) is 0. The van der Waals surface area contributed by atoms with Crippen molar-refractivity contribution in [1.29, 1.82) is 0 Å². The molecule has 0 bridgehead atoms. The normalized spacial score (nSPS) is 17.1. The van der Waals surface area contributed by atoms with Gasteiger partial charge in [-0.2, -0.15) is 0 Å². The van der Waals surface area contributed by atoms with Crippen LogP contribution in [-0.2, 0) is 4.79 Å². The van der Waals surface area contributed by atoms with Crippen LogP contribution < -0.4 is 10.6 Å². The van der Waals surface area contributed by atoms with Crippen LogP contribution in [-0.4, -0.2) is 27.4 Å². The fourth-order valence-electron chi connectivity index (χ4n) is 4.37.